The summed E-state index contributed by atoms with van der Waals surface area (Å²) in [6.07, 6.45) is 0. The lowest BCUT2D eigenvalue weighted by atomic mass is 10.1. The average Bonchev–Trinajstić information content (AvgIpc) is 2.50. The van der Waals surface area contributed by atoms with Crippen LogP contribution in [0.25, 0.3) is 0 Å². The lowest BCUT2D eigenvalue weighted by Crippen LogP contribution is -2.45. The van der Waals surface area contributed by atoms with Crippen molar-refractivity contribution in [2.75, 3.05) is 20.1 Å². The maximum absolute atomic E-state index is 4.32. The molecular weight excluding hydrogens is 272 g/mol. The number of rotatable bonds is 7. The van der Waals surface area contributed by atoms with Crippen molar-refractivity contribution in [2.45, 2.75) is 52.7 Å². The largest absolute Gasteiger partial charge is 0.355 e. The quantitative estimate of drug-likeness (QED) is 0.601. The summed E-state index contributed by atoms with van der Waals surface area (Å²) in [4.78, 5) is 6.79. The number of guanidine groups is 1. The van der Waals surface area contributed by atoms with Gasteiger partial charge in [-0.25, -0.2) is 0 Å². The van der Waals surface area contributed by atoms with E-state index in [0.717, 1.165) is 19.0 Å². The predicted molar refractivity (Wildman–Crippen MR) is 96.3 cm³/mol. The van der Waals surface area contributed by atoms with Gasteiger partial charge in [0.15, 0.2) is 5.96 Å². The molecular formula is C18H32N4. The Bertz CT molecular complexity index is 432. The zero-order valence-corrected chi connectivity index (χ0v) is 14.9. The second-order valence-corrected chi connectivity index (χ2v) is 6.20. The SMILES string of the molecule is CN=C(NCCN(C(C)C)C(C)C)NC(C)c1ccccc1. The van der Waals surface area contributed by atoms with E-state index in [9.17, 15) is 0 Å². The van der Waals surface area contributed by atoms with Gasteiger partial charge in [0.1, 0.15) is 0 Å². The Morgan fingerprint density at radius 3 is 2.14 bits per heavy atom. The minimum Gasteiger partial charge on any atom is -0.355 e. The molecule has 1 atom stereocenters. The molecule has 0 spiro atoms. The third-order valence-electron chi connectivity index (χ3n) is 3.87. The Kier molecular flexibility index (Phi) is 7.96. The first kappa shape index (κ1) is 18.5. The standard InChI is InChI=1S/C18H32N4/c1-14(2)22(15(3)4)13-12-20-18(19-6)21-16(5)17-10-8-7-9-11-17/h7-11,14-16H,12-13H2,1-6H3,(H2,19,20,21). The summed E-state index contributed by atoms with van der Waals surface area (Å²) < 4.78 is 0. The van der Waals surface area contributed by atoms with Gasteiger partial charge in [-0.05, 0) is 40.2 Å². The molecule has 0 aliphatic carbocycles. The van der Waals surface area contributed by atoms with Crippen molar-refractivity contribution in [3.05, 3.63) is 35.9 Å². The molecule has 0 aliphatic heterocycles. The van der Waals surface area contributed by atoms with Gasteiger partial charge in [0, 0.05) is 32.2 Å². The van der Waals surface area contributed by atoms with E-state index in [4.69, 9.17) is 0 Å². The fraction of sp³-hybridized carbons (Fsp3) is 0.611. The van der Waals surface area contributed by atoms with E-state index >= 15 is 0 Å². The van der Waals surface area contributed by atoms with Gasteiger partial charge in [0.05, 0.1) is 6.04 Å². The zero-order chi connectivity index (χ0) is 16.5. The second kappa shape index (κ2) is 9.46. The van der Waals surface area contributed by atoms with Crippen LogP contribution in [-0.4, -0.2) is 43.1 Å². The Morgan fingerprint density at radius 1 is 1.05 bits per heavy atom. The highest BCUT2D eigenvalue weighted by molar-refractivity contribution is 5.80. The van der Waals surface area contributed by atoms with Gasteiger partial charge in [0.2, 0.25) is 0 Å². The van der Waals surface area contributed by atoms with Crippen LogP contribution in [0.5, 0.6) is 0 Å². The van der Waals surface area contributed by atoms with Crippen molar-refractivity contribution in [3.8, 4) is 0 Å². The van der Waals surface area contributed by atoms with Crippen molar-refractivity contribution in [1.29, 1.82) is 0 Å². The minimum absolute atomic E-state index is 0.235. The molecule has 0 aromatic heterocycles. The molecule has 0 radical (unpaired) electrons. The van der Waals surface area contributed by atoms with Crippen molar-refractivity contribution in [3.63, 3.8) is 0 Å². The van der Waals surface area contributed by atoms with E-state index < -0.39 is 0 Å². The van der Waals surface area contributed by atoms with Crippen LogP contribution >= 0.6 is 0 Å². The molecule has 1 aromatic carbocycles. The summed E-state index contributed by atoms with van der Waals surface area (Å²) in [5, 5.41) is 6.84. The summed E-state index contributed by atoms with van der Waals surface area (Å²) in [6, 6.07) is 11.8. The highest BCUT2D eigenvalue weighted by Crippen LogP contribution is 2.10. The van der Waals surface area contributed by atoms with Gasteiger partial charge in [-0.1, -0.05) is 30.3 Å². The van der Waals surface area contributed by atoms with E-state index in [2.05, 4.69) is 79.4 Å². The summed E-state index contributed by atoms with van der Waals surface area (Å²) >= 11 is 0. The first-order valence-electron chi connectivity index (χ1n) is 8.23. The summed E-state index contributed by atoms with van der Waals surface area (Å²) in [5.74, 6) is 0.851. The van der Waals surface area contributed by atoms with Gasteiger partial charge < -0.3 is 10.6 Å². The van der Waals surface area contributed by atoms with Crippen LogP contribution in [0.1, 0.15) is 46.2 Å². The molecule has 0 fully saturated rings. The Hall–Kier alpha value is -1.55. The van der Waals surface area contributed by atoms with E-state index in [-0.39, 0.29) is 6.04 Å². The molecule has 0 amide bonds. The third kappa shape index (κ3) is 6.06. The number of benzene rings is 1. The van der Waals surface area contributed by atoms with Crippen LogP contribution in [0.4, 0.5) is 0 Å². The lowest BCUT2D eigenvalue weighted by molar-refractivity contribution is 0.178. The van der Waals surface area contributed by atoms with Crippen LogP contribution in [0.3, 0.4) is 0 Å². The first-order valence-corrected chi connectivity index (χ1v) is 8.23. The molecule has 0 heterocycles. The molecule has 4 nitrogen and oxygen atoms in total. The molecule has 2 N–H and O–H groups in total. The average molecular weight is 304 g/mol. The number of nitrogens with zero attached hydrogens (tertiary/aromatic N) is 2. The monoisotopic (exact) mass is 304 g/mol. The lowest BCUT2D eigenvalue weighted by Gasteiger charge is -2.30. The van der Waals surface area contributed by atoms with Crippen molar-refractivity contribution in [1.82, 2.24) is 15.5 Å². The molecule has 1 rings (SSSR count). The summed E-state index contributed by atoms with van der Waals surface area (Å²) in [6.45, 7) is 13.0. The van der Waals surface area contributed by atoms with Crippen LogP contribution in [0, 0.1) is 0 Å². The Balaban J connectivity index is 2.46. The predicted octanol–water partition coefficient (Wildman–Crippen LogP) is 3.03. The fourth-order valence-corrected chi connectivity index (χ4v) is 2.64. The first-order chi connectivity index (χ1) is 10.5. The molecule has 1 aromatic rings. The summed E-state index contributed by atoms with van der Waals surface area (Å²) in [7, 11) is 1.82. The molecule has 0 saturated carbocycles. The van der Waals surface area contributed by atoms with E-state index in [1.807, 2.05) is 13.1 Å². The third-order valence-corrected chi connectivity index (χ3v) is 3.87. The summed E-state index contributed by atoms with van der Waals surface area (Å²) in [5.41, 5.74) is 1.26. The smallest absolute Gasteiger partial charge is 0.191 e. The van der Waals surface area contributed by atoms with E-state index in [1.54, 1.807) is 0 Å². The molecule has 124 valence electrons. The number of nitrogens with one attached hydrogen (secondary N) is 2. The maximum Gasteiger partial charge on any atom is 0.191 e. The van der Waals surface area contributed by atoms with E-state index in [0.29, 0.717) is 12.1 Å². The number of hydrogen-bond donors (Lipinski definition) is 2. The molecule has 0 bridgehead atoms. The fourth-order valence-electron chi connectivity index (χ4n) is 2.64. The molecule has 4 heteroatoms. The molecule has 0 aliphatic rings. The van der Waals surface area contributed by atoms with Crippen molar-refractivity contribution >= 4 is 5.96 Å². The van der Waals surface area contributed by atoms with Gasteiger partial charge in [-0.15, -0.1) is 0 Å². The highest BCUT2D eigenvalue weighted by atomic mass is 15.2. The van der Waals surface area contributed by atoms with Crippen LogP contribution < -0.4 is 10.6 Å². The van der Waals surface area contributed by atoms with Crippen LogP contribution in [0.15, 0.2) is 35.3 Å². The molecule has 22 heavy (non-hydrogen) atoms. The maximum atomic E-state index is 4.32. The number of hydrogen-bond acceptors (Lipinski definition) is 2. The van der Waals surface area contributed by atoms with Crippen LogP contribution in [-0.2, 0) is 0 Å². The van der Waals surface area contributed by atoms with Gasteiger partial charge in [-0.3, -0.25) is 9.89 Å². The second-order valence-electron chi connectivity index (χ2n) is 6.20. The van der Waals surface area contributed by atoms with Crippen molar-refractivity contribution < 1.29 is 0 Å². The Morgan fingerprint density at radius 2 is 1.64 bits per heavy atom. The van der Waals surface area contributed by atoms with Gasteiger partial charge >= 0.3 is 0 Å². The highest BCUT2D eigenvalue weighted by Gasteiger charge is 2.13. The van der Waals surface area contributed by atoms with Gasteiger partial charge in [0.25, 0.3) is 0 Å². The van der Waals surface area contributed by atoms with E-state index in [1.165, 1.54) is 5.56 Å². The molecule has 1 unspecified atom stereocenters. The molecule has 0 saturated heterocycles. The van der Waals surface area contributed by atoms with Gasteiger partial charge in [-0.2, -0.15) is 0 Å². The Labute approximate surface area is 136 Å². The van der Waals surface area contributed by atoms with Crippen molar-refractivity contribution in [2.24, 2.45) is 4.99 Å². The zero-order valence-electron chi connectivity index (χ0n) is 14.9. The topological polar surface area (TPSA) is 39.7 Å². The normalized spacial score (nSPS) is 13.8. The minimum atomic E-state index is 0.235. The van der Waals surface area contributed by atoms with Crippen LogP contribution in [0.2, 0.25) is 0 Å². The number of aliphatic imine (C=N–C) groups is 1.